The number of hydrogen-bond donors (Lipinski definition) is 1. The molecule has 1 aliphatic rings. The Bertz CT molecular complexity index is 84.4. The Labute approximate surface area is 54.6 Å². The largest absolute Gasteiger partial charge is 0.388 e. The van der Waals surface area contributed by atoms with Crippen LogP contribution in [0.25, 0.3) is 0 Å². The molecular weight excluding hydrogens is 120 g/mol. The molecule has 1 aliphatic heterocycles. The van der Waals surface area contributed by atoms with E-state index in [0.717, 1.165) is 12.8 Å². The quantitative estimate of drug-likeness (QED) is 0.551. The summed E-state index contributed by atoms with van der Waals surface area (Å²) in [5.74, 6) is 0. The van der Waals surface area contributed by atoms with E-state index in [4.69, 9.17) is 14.6 Å². The third-order valence-electron chi connectivity index (χ3n) is 1.47. The summed E-state index contributed by atoms with van der Waals surface area (Å²) in [7, 11) is 1.54. The van der Waals surface area contributed by atoms with E-state index in [0.29, 0.717) is 6.61 Å². The van der Waals surface area contributed by atoms with Gasteiger partial charge in [-0.05, 0) is 12.8 Å². The van der Waals surface area contributed by atoms with E-state index in [-0.39, 0.29) is 0 Å². The lowest BCUT2D eigenvalue weighted by Crippen LogP contribution is -2.35. The number of methoxy groups -OCH3 is 1. The smallest absolute Gasteiger partial charge is 0.183 e. The molecule has 9 heavy (non-hydrogen) atoms. The lowest BCUT2D eigenvalue weighted by atomic mass is 10.1. The van der Waals surface area contributed by atoms with Gasteiger partial charge in [0.15, 0.2) is 6.29 Å². The van der Waals surface area contributed by atoms with Gasteiger partial charge in [0.2, 0.25) is 0 Å². The number of ether oxygens (including phenoxy) is 2. The van der Waals surface area contributed by atoms with Gasteiger partial charge in [0.1, 0.15) is 6.10 Å². The molecule has 0 radical (unpaired) electrons. The first-order valence-corrected chi connectivity index (χ1v) is 3.17. The van der Waals surface area contributed by atoms with Gasteiger partial charge < -0.3 is 14.6 Å². The summed E-state index contributed by atoms with van der Waals surface area (Å²) < 4.78 is 9.90. The van der Waals surface area contributed by atoms with Gasteiger partial charge >= 0.3 is 0 Å². The number of hydrogen-bond acceptors (Lipinski definition) is 3. The summed E-state index contributed by atoms with van der Waals surface area (Å²) in [6, 6.07) is 0. The molecule has 0 aromatic heterocycles. The van der Waals surface area contributed by atoms with Gasteiger partial charge in [-0.1, -0.05) is 0 Å². The average molecular weight is 132 g/mol. The van der Waals surface area contributed by atoms with Crippen molar-refractivity contribution < 1.29 is 14.6 Å². The minimum absolute atomic E-state index is 0.390. The van der Waals surface area contributed by atoms with Gasteiger partial charge in [0.25, 0.3) is 0 Å². The van der Waals surface area contributed by atoms with Crippen LogP contribution < -0.4 is 0 Å². The van der Waals surface area contributed by atoms with Crippen LogP contribution in [0.1, 0.15) is 12.8 Å². The summed E-state index contributed by atoms with van der Waals surface area (Å²) >= 11 is 0. The van der Waals surface area contributed by atoms with Crippen LogP contribution in [0.2, 0.25) is 0 Å². The van der Waals surface area contributed by atoms with Crippen LogP contribution >= 0.6 is 0 Å². The van der Waals surface area contributed by atoms with Crippen molar-refractivity contribution in [2.45, 2.75) is 25.2 Å². The molecule has 1 N–H and O–H groups in total. The Hall–Kier alpha value is -0.120. The number of rotatable bonds is 1. The van der Waals surface area contributed by atoms with Gasteiger partial charge in [0, 0.05) is 13.7 Å². The molecule has 1 saturated heterocycles. The summed E-state index contributed by atoms with van der Waals surface area (Å²) in [6.45, 7) is 0.704. The topological polar surface area (TPSA) is 38.7 Å². The van der Waals surface area contributed by atoms with Crippen LogP contribution in [-0.2, 0) is 9.47 Å². The Morgan fingerprint density at radius 1 is 1.67 bits per heavy atom. The molecule has 0 saturated carbocycles. The monoisotopic (exact) mass is 132 g/mol. The first kappa shape index (κ1) is 6.99. The molecule has 54 valence electrons. The third kappa shape index (κ3) is 1.64. The van der Waals surface area contributed by atoms with Gasteiger partial charge in [-0.2, -0.15) is 0 Å². The fraction of sp³-hybridized carbons (Fsp3) is 1.00. The molecule has 0 aromatic rings. The van der Waals surface area contributed by atoms with E-state index >= 15 is 0 Å². The minimum atomic E-state index is -0.427. The first-order valence-electron chi connectivity index (χ1n) is 3.17. The van der Waals surface area contributed by atoms with E-state index in [9.17, 15) is 0 Å². The normalized spacial score (nSPS) is 36.7. The SMILES string of the molecule is COC1OCCCC1O. The van der Waals surface area contributed by atoms with E-state index in [1.165, 1.54) is 0 Å². The molecule has 0 aliphatic carbocycles. The van der Waals surface area contributed by atoms with Gasteiger partial charge in [-0.25, -0.2) is 0 Å². The second kappa shape index (κ2) is 3.15. The molecule has 0 amide bonds. The number of aliphatic hydroxyl groups excluding tert-OH is 1. The van der Waals surface area contributed by atoms with Crippen molar-refractivity contribution in [1.29, 1.82) is 0 Å². The van der Waals surface area contributed by atoms with Crippen LogP contribution in [0, 0.1) is 0 Å². The summed E-state index contributed by atoms with van der Waals surface area (Å²) in [5.41, 5.74) is 0. The Morgan fingerprint density at radius 2 is 2.44 bits per heavy atom. The molecule has 1 rings (SSSR count). The van der Waals surface area contributed by atoms with Crippen molar-refractivity contribution >= 4 is 0 Å². The highest BCUT2D eigenvalue weighted by atomic mass is 16.7. The predicted molar refractivity (Wildman–Crippen MR) is 32.0 cm³/mol. The van der Waals surface area contributed by atoms with Crippen molar-refractivity contribution in [3.8, 4) is 0 Å². The van der Waals surface area contributed by atoms with Crippen molar-refractivity contribution in [3.63, 3.8) is 0 Å². The van der Waals surface area contributed by atoms with Crippen molar-refractivity contribution in [2.75, 3.05) is 13.7 Å². The highest BCUT2D eigenvalue weighted by molar-refractivity contribution is 4.64. The molecule has 1 heterocycles. The maximum Gasteiger partial charge on any atom is 0.183 e. The highest BCUT2D eigenvalue weighted by Gasteiger charge is 2.22. The lowest BCUT2D eigenvalue weighted by molar-refractivity contribution is -0.201. The molecule has 0 spiro atoms. The van der Waals surface area contributed by atoms with Crippen LogP contribution in [0.15, 0.2) is 0 Å². The van der Waals surface area contributed by atoms with Crippen LogP contribution in [-0.4, -0.2) is 31.2 Å². The molecule has 3 heteroatoms. The zero-order chi connectivity index (χ0) is 6.69. The van der Waals surface area contributed by atoms with Crippen LogP contribution in [0.3, 0.4) is 0 Å². The fourth-order valence-electron chi connectivity index (χ4n) is 0.964. The first-order chi connectivity index (χ1) is 4.34. The molecule has 2 unspecified atom stereocenters. The second-order valence-electron chi connectivity index (χ2n) is 2.18. The van der Waals surface area contributed by atoms with Gasteiger partial charge in [-0.3, -0.25) is 0 Å². The standard InChI is InChI=1S/C6H12O3/c1-8-6-5(7)3-2-4-9-6/h5-7H,2-4H2,1H3. The Balaban J connectivity index is 2.30. The maximum atomic E-state index is 9.12. The van der Waals surface area contributed by atoms with Crippen molar-refractivity contribution in [2.24, 2.45) is 0 Å². The van der Waals surface area contributed by atoms with Crippen molar-refractivity contribution in [3.05, 3.63) is 0 Å². The molecule has 1 fully saturated rings. The van der Waals surface area contributed by atoms with Gasteiger partial charge in [0.05, 0.1) is 0 Å². The Morgan fingerprint density at radius 3 is 2.89 bits per heavy atom. The van der Waals surface area contributed by atoms with E-state index in [1.54, 1.807) is 7.11 Å². The molecule has 0 bridgehead atoms. The summed E-state index contributed by atoms with van der Waals surface area (Å²) in [5, 5.41) is 9.12. The van der Waals surface area contributed by atoms with Crippen molar-refractivity contribution in [1.82, 2.24) is 0 Å². The second-order valence-corrected chi connectivity index (χ2v) is 2.18. The average Bonchev–Trinajstić information content (AvgIpc) is 1.89. The van der Waals surface area contributed by atoms with E-state index in [2.05, 4.69) is 0 Å². The lowest BCUT2D eigenvalue weighted by Gasteiger charge is -2.26. The molecule has 2 atom stereocenters. The van der Waals surface area contributed by atoms with Crippen LogP contribution in [0.5, 0.6) is 0 Å². The minimum Gasteiger partial charge on any atom is -0.388 e. The molecule has 3 nitrogen and oxygen atoms in total. The fourth-order valence-corrected chi connectivity index (χ4v) is 0.964. The number of aliphatic hydroxyl groups is 1. The Kier molecular flexibility index (Phi) is 2.45. The third-order valence-corrected chi connectivity index (χ3v) is 1.47. The molecule has 0 aromatic carbocycles. The van der Waals surface area contributed by atoms with Gasteiger partial charge in [-0.15, -0.1) is 0 Å². The van der Waals surface area contributed by atoms with Crippen LogP contribution in [0.4, 0.5) is 0 Å². The highest BCUT2D eigenvalue weighted by Crippen LogP contribution is 2.13. The maximum absolute atomic E-state index is 9.12. The zero-order valence-corrected chi connectivity index (χ0v) is 5.54. The summed E-state index contributed by atoms with van der Waals surface area (Å²) in [6.07, 6.45) is 0.905. The zero-order valence-electron chi connectivity index (χ0n) is 5.54. The van der Waals surface area contributed by atoms with E-state index in [1.807, 2.05) is 0 Å². The van der Waals surface area contributed by atoms with E-state index < -0.39 is 12.4 Å². The molecular formula is C6H12O3. The summed E-state index contributed by atoms with van der Waals surface area (Å²) in [4.78, 5) is 0. The predicted octanol–water partition coefficient (Wildman–Crippen LogP) is 0.130.